The molecule has 0 bridgehead atoms. The van der Waals surface area contributed by atoms with Gasteiger partial charge in [0.25, 0.3) is 0 Å². The molecule has 1 aromatic rings. The molecular formula is C13H16O3. The molecule has 0 heterocycles. The van der Waals surface area contributed by atoms with Crippen LogP contribution in [0.1, 0.15) is 19.4 Å². The summed E-state index contributed by atoms with van der Waals surface area (Å²) in [7, 11) is 0. The van der Waals surface area contributed by atoms with E-state index in [2.05, 4.69) is 0 Å². The van der Waals surface area contributed by atoms with Crippen LogP contribution < -0.4 is 4.74 Å². The van der Waals surface area contributed by atoms with Crippen LogP contribution in [0.15, 0.2) is 35.9 Å². The zero-order valence-electron chi connectivity index (χ0n) is 9.56. The fraction of sp³-hybridized carbons (Fsp3) is 0.308. The highest BCUT2D eigenvalue weighted by molar-refractivity contribution is 5.71. The van der Waals surface area contributed by atoms with Gasteiger partial charge in [-0.1, -0.05) is 23.8 Å². The molecule has 0 spiro atoms. The van der Waals surface area contributed by atoms with Crippen LogP contribution in [0, 0.1) is 0 Å². The van der Waals surface area contributed by atoms with Crippen molar-refractivity contribution in [2.75, 3.05) is 6.61 Å². The van der Waals surface area contributed by atoms with Crippen LogP contribution >= 0.6 is 0 Å². The van der Waals surface area contributed by atoms with Crippen molar-refractivity contribution in [3.63, 3.8) is 0 Å². The van der Waals surface area contributed by atoms with Gasteiger partial charge in [0.05, 0.1) is 6.42 Å². The normalized spacial score (nSPS) is 9.62. The van der Waals surface area contributed by atoms with E-state index < -0.39 is 5.97 Å². The van der Waals surface area contributed by atoms with Gasteiger partial charge in [0.2, 0.25) is 0 Å². The number of rotatable bonds is 5. The van der Waals surface area contributed by atoms with E-state index in [1.54, 1.807) is 12.1 Å². The number of carboxylic acid groups (broad SMARTS) is 1. The molecule has 0 unspecified atom stereocenters. The number of benzene rings is 1. The van der Waals surface area contributed by atoms with Crippen LogP contribution in [-0.2, 0) is 11.2 Å². The third kappa shape index (κ3) is 4.17. The Morgan fingerprint density at radius 3 is 2.69 bits per heavy atom. The summed E-state index contributed by atoms with van der Waals surface area (Å²) in [5.74, 6) is -0.208. The third-order valence-corrected chi connectivity index (χ3v) is 2.04. The van der Waals surface area contributed by atoms with Crippen molar-refractivity contribution in [2.45, 2.75) is 20.3 Å². The highest BCUT2D eigenvalue weighted by Crippen LogP contribution is 2.18. The van der Waals surface area contributed by atoms with E-state index in [0.717, 1.165) is 0 Å². The van der Waals surface area contributed by atoms with Crippen molar-refractivity contribution >= 4 is 5.97 Å². The fourth-order valence-corrected chi connectivity index (χ4v) is 1.25. The van der Waals surface area contributed by atoms with Crippen LogP contribution in [0.5, 0.6) is 5.75 Å². The lowest BCUT2D eigenvalue weighted by molar-refractivity contribution is -0.136. The smallest absolute Gasteiger partial charge is 0.307 e. The number of carbonyl (C=O) groups is 1. The topological polar surface area (TPSA) is 46.5 Å². The molecule has 0 aliphatic rings. The second kappa shape index (κ2) is 5.95. The second-order valence-electron chi connectivity index (χ2n) is 3.77. The van der Waals surface area contributed by atoms with Gasteiger partial charge in [-0.25, -0.2) is 0 Å². The number of hydrogen-bond donors (Lipinski definition) is 1. The Hall–Kier alpha value is -1.77. The molecule has 16 heavy (non-hydrogen) atoms. The number of aliphatic carboxylic acids is 1. The first kappa shape index (κ1) is 12.3. The van der Waals surface area contributed by atoms with Gasteiger partial charge in [-0.2, -0.15) is 0 Å². The van der Waals surface area contributed by atoms with Crippen molar-refractivity contribution in [3.05, 3.63) is 41.5 Å². The van der Waals surface area contributed by atoms with Crippen molar-refractivity contribution in [3.8, 4) is 5.75 Å². The van der Waals surface area contributed by atoms with Gasteiger partial charge >= 0.3 is 5.97 Å². The molecule has 0 saturated heterocycles. The predicted octanol–water partition coefficient (Wildman–Crippen LogP) is 2.66. The lowest BCUT2D eigenvalue weighted by Crippen LogP contribution is -2.04. The largest absolute Gasteiger partial charge is 0.489 e. The Balaban J connectivity index is 2.71. The fourth-order valence-electron chi connectivity index (χ4n) is 1.25. The molecule has 0 saturated carbocycles. The Bertz CT molecular complexity index is 390. The van der Waals surface area contributed by atoms with Crippen LogP contribution in [0.2, 0.25) is 0 Å². The first-order chi connectivity index (χ1) is 7.59. The zero-order valence-corrected chi connectivity index (χ0v) is 9.56. The van der Waals surface area contributed by atoms with Crippen molar-refractivity contribution in [1.29, 1.82) is 0 Å². The summed E-state index contributed by atoms with van der Waals surface area (Å²) in [5.41, 5.74) is 1.88. The summed E-state index contributed by atoms with van der Waals surface area (Å²) in [6, 6.07) is 7.21. The van der Waals surface area contributed by atoms with Crippen molar-refractivity contribution < 1.29 is 14.6 Å². The Morgan fingerprint density at radius 2 is 2.06 bits per heavy atom. The van der Waals surface area contributed by atoms with Gasteiger partial charge in [-0.3, -0.25) is 4.79 Å². The lowest BCUT2D eigenvalue weighted by atomic mass is 10.1. The van der Waals surface area contributed by atoms with Gasteiger partial charge in [-0.05, 0) is 26.0 Å². The van der Waals surface area contributed by atoms with Crippen molar-refractivity contribution in [2.24, 2.45) is 0 Å². The monoisotopic (exact) mass is 220 g/mol. The van der Waals surface area contributed by atoms with Crippen LogP contribution in [0.25, 0.3) is 0 Å². The maximum absolute atomic E-state index is 10.6. The van der Waals surface area contributed by atoms with E-state index in [-0.39, 0.29) is 6.42 Å². The summed E-state index contributed by atoms with van der Waals surface area (Å²) >= 11 is 0. The van der Waals surface area contributed by atoms with Gasteiger partial charge in [0, 0.05) is 5.56 Å². The molecule has 0 atom stereocenters. The Kier molecular flexibility index (Phi) is 4.58. The minimum absolute atomic E-state index is 0.00893. The molecule has 1 N–H and O–H groups in total. The van der Waals surface area contributed by atoms with Crippen LogP contribution in [0.4, 0.5) is 0 Å². The molecule has 1 rings (SSSR count). The van der Waals surface area contributed by atoms with Gasteiger partial charge in [-0.15, -0.1) is 0 Å². The van der Waals surface area contributed by atoms with E-state index in [4.69, 9.17) is 9.84 Å². The summed E-state index contributed by atoms with van der Waals surface area (Å²) in [5, 5.41) is 8.74. The van der Waals surface area contributed by atoms with E-state index >= 15 is 0 Å². The van der Waals surface area contributed by atoms with Crippen LogP contribution in [-0.4, -0.2) is 17.7 Å². The molecule has 3 heteroatoms. The molecule has 0 radical (unpaired) electrons. The summed E-state index contributed by atoms with van der Waals surface area (Å²) in [6.45, 7) is 4.46. The average Bonchev–Trinajstić information content (AvgIpc) is 2.19. The number of allylic oxidation sites excluding steroid dienone is 1. The van der Waals surface area contributed by atoms with E-state index in [9.17, 15) is 4.79 Å². The number of carboxylic acids is 1. The minimum atomic E-state index is -0.849. The van der Waals surface area contributed by atoms with E-state index in [1.165, 1.54) is 5.57 Å². The zero-order chi connectivity index (χ0) is 12.0. The molecule has 1 aromatic carbocycles. The molecular weight excluding hydrogens is 204 g/mol. The highest BCUT2D eigenvalue weighted by atomic mass is 16.5. The molecule has 0 fully saturated rings. The molecule has 86 valence electrons. The van der Waals surface area contributed by atoms with E-state index in [1.807, 2.05) is 32.1 Å². The molecule has 3 nitrogen and oxygen atoms in total. The first-order valence-corrected chi connectivity index (χ1v) is 5.15. The molecule has 0 amide bonds. The van der Waals surface area contributed by atoms with Gasteiger partial charge < -0.3 is 9.84 Å². The maximum Gasteiger partial charge on any atom is 0.307 e. The molecule has 0 aromatic heterocycles. The Morgan fingerprint density at radius 1 is 1.38 bits per heavy atom. The van der Waals surface area contributed by atoms with Gasteiger partial charge in [0.1, 0.15) is 12.4 Å². The van der Waals surface area contributed by atoms with Crippen molar-refractivity contribution in [1.82, 2.24) is 0 Å². The maximum atomic E-state index is 10.6. The van der Waals surface area contributed by atoms with Gasteiger partial charge in [0.15, 0.2) is 0 Å². The minimum Gasteiger partial charge on any atom is -0.489 e. The standard InChI is InChI=1S/C13H16O3/c1-10(2)7-8-16-12-6-4-3-5-11(12)9-13(14)15/h3-7H,8-9H2,1-2H3,(H,14,15). The summed E-state index contributed by atoms with van der Waals surface area (Å²) < 4.78 is 5.51. The quantitative estimate of drug-likeness (QED) is 0.776. The first-order valence-electron chi connectivity index (χ1n) is 5.15. The predicted molar refractivity (Wildman–Crippen MR) is 62.7 cm³/mol. The SMILES string of the molecule is CC(C)=CCOc1ccccc1CC(=O)O. The second-order valence-corrected chi connectivity index (χ2v) is 3.77. The number of hydrogen-bond acceptors (Lipinski definition) is 2. The van der Waals surface area contributed by atoms with Crippen LogP contribution in [0.3, 0.4) is 0 Å². The molecule has 0 aliphatic heterocycles. The number of para-hydroxylation sites is 1. The average molecular weight is 220 g/mol. The summed E-state index contributed by atoms with van der Waals surface area (Å²) in [6.07, 6.45) is 1.95. The summed E-state index contributed by atoms with van der Waals surface area (Å²) in [4.78, 5) is 10.6. The highest BCUT2D eigenvalue weighted by Gasteiger charge is 2.06. The number of ether oxygens (including phenoxy) is 1. The van der Waals surface area contributed by atoms with E-state index in [0.29, 0.717) is 17.9 Å². The lowest BCUT2D eigenvalue weighted by Gasteiger charge is -2.08. The Labute approximate surface area is 95.4 Å². The molecule has 0 aliphatic carbocycles. The third-order valence-electron chi connectivity index (χ3n) is 2.04.